The molecule has 1 aliphatic carbocycles. The van der Waals surface area contributed by atoms with Crippen LogP contribution in [-0.2, 0) is 9.59 Å². The molecule has 0 aromatic carbocycles. The SMILES string of the molecule is NC1(C(=O)O)CCC(=C=O)C1. The lowest BCUT2D eigenvalue weighted by molar-refractivity contribution is -0.142. The molecule has 0 radical (unpaired) electrons. The second kappa shape index (κ2) is 2.49. The van der Waals surface area contributed by atoms with E-state index >= 15 is 0 Å². The van der Waals surface area contributed by atoms with Crippen molar-refractivity contribution in [3.63, 3.8) is 0 Å². The Hall–Kier alpha value is -1.12. The molecule has 0 aromatic rings. The summed E-state index contributed by atoms with van der Waals surface area (Å²) in [6.07, 6.45) is 0.949. The molecule has 60 valence electrons. The minimum atomic E-state index is -1.22. The number of nitrogens with two attached hydrogens (primary N) is 1. The van der Waals surface area contributed by atoms with E-state index in [1.54, 1.807) is 5.94 Å². The smallest absolute Gasteiger partial charge is 0.324 e. The fraction of sp³-hybridized carbons (Fsp3) is 0.571. The maximum absolute atomic E-state index is 10.5. The van der Waals surface area contributed by atoms with Crippen LogP contribution < -0.4 is 5.73 Å². The summed E-state index contributed by atoms with van der Waals surface area (Å²) in [6.45, 7) is 0. The lowest BCUT2D eigenvalue weighted by atomic mass is 10.00. The summed E-state index contributed by atoms with van der Waals surface area (Å²) in [6, 6.07) is 0. The first-order chi connectivity index (χ1) is 5.08. The minimum absolute atomic E-state index is 0.145. The molecule has 0 spiro atoms. The third kappa shape index (κ3) is 1.31. The van der Waals surface area contributed by atoms with Crippen LogP contribution in [0.1, 0.15) is 19.3 Å². The highest BCUT2D eigenvalue weighted by Crippen LogP contribution is 2.30. The Labute approximate surface area is 63.7 Å². The van der Waals surface area contributed by atoms with E-state index in [0.717, 1.165) is 0 Å². The molecule has 11 heavy (non-hydrogen) atoms. The molecule has 0 aromatic heterocycles. The van der Waals surface area contributed by atoms with Crippen molar-refractivity contribution in [1.82, 2.24) is 0 Å². The highest BCUT2D eigenvalue weighted by molar-refractivity contribution is 5.80. The third-order valence-corrected chi connectivity index (χ3v) is 1.97. The number of rotatable bonds is 1. The largest absolute Gasteiger partial charge is 0.480 e. The second-order valence-corrected chi connectivity index (χ2v) is 2.84. The zero-order valence-corrected chi connectivity index (χ0v) is 5.96. The predicted molar refractivity (Wildman–Crippen MR) is 37.6 cm³/mol. The molecule has 4 nitrogen and oxygen atoms in total. The van der Waals surface area contributed by atoms with Crippen LogP contribution in [0.2, 0.25) is 0 Å². The first-order valence-corrected chi connectivity index (χ1v) is 3.33. The molecule has 4 heteroatoms. The highest BCUT2D eigenvalue weighted by Gasteiger charge is 2.39. The van der Waals surface area contributed by atoms with Gasteiger partial charge in [-0.1, -0.05) is 0 Å². The van der Waals surface area contributed by atoms with Crippen LogP contribution in [0.15, 0.2) is 5.57 Å². The molecule has 1 unspecified atom stereocenters. The van der Waals surface area contributed by atoms with Crippen molar-refractivity contribution in [2.24, 2.45) is 5.73 Å². The molecule has 0 bridgehead atoms. The van der Waals surface area contributed by atoms with Gasteiger partial charge in [-0.3, -0.25) is 4.79 Å². The van der Waals surface area contributed by atoms with Crippen molar-refractivity contribution in [1.29, 1.82) is 0 Å². The van der Waals surface area contributed by atoms with Crippen molar-refractivity contribution in [2.45, 2.75) is 24.8 Å². The van der Waals surface area contributed by atoms with Crippen LogP contribution in [0.4, 0.5) is 0 Å². The summed E-state index contributed by atoms with van der Waals surface area (Å²) in [5.74, 6) is 0.658. The number of aliphatic carboxylic acids is 1. The number of carbonyl (C=O) groups excluding carboxylic acids is 1. The summed E-state index contributed by atoms with van der Waals surface area (Å²) >= 11 is 0. The lowest BCUT2D eigenvalue weighted by Gasteiger charge is -2.15. The molecule has 1 aliphatic rings. The molecule has 1 atom stereocenters. The van der Waals surface area contributed by atoms with Crippen LogP contribution >= 0.6 is 0 Å². The first kappa shape index (κ1) is 7.98. The van der Waals surface area contributed by atoms with E-state index < -0.39 is 11.5 Å². The molecule has 3 N–H and O–H groups in total. The normalized spacial score (nSPS) is 30.1. The molecule has 0 heterocycles. The molecular formula is C7H9NO3. The second-order valence-electron chi connectivity index (χ2n) is 2.84. The van der Waals surface area contributed by atoms with Gasteiger partial charge in [-0.25, -0.2) is 4.79 Å². The summed E-state index contributed by atoms with van der Waals surface area (Å²) in [5.41, 5.74) is 4.73. The molecule has 1 fully saturated rings. The number of hydrogen-bond acceptors (Lipinski definition) is 3. The van der Waals surface area contributed by atoms with E-state index in [-0.39, 0.29) is 6.42 Å². The van der Waals surface area contributed by atoms with Crippen molar-refractivity contribution in [3.8, 4) is 0 Å². The third-order valence-electron chi connectivity index (χ3n) is 1.97. The van der Waals surface area contributed by atoms with Crippen LogP contribution in [0.25, 0.3) is 0 Å². The van der Waals surface area contributed by atoms with Crippen LogP contribution in [0, 0.1) is 0 Å². The van der Waals surface area contributed by atoms with E-state index in [4.69, 9.17) is 10.8 Å². The first-order valence-electron chi connectivity index (χ1n) is 3.33. The Morgan fingerprint density at radius 3 is 2.64 bits per heavy atom. The number of carboxylic acid groups (broad SMARTS) is 1. The van der Waals surface area contributed by atoms with E-state index in [9.17, 15) is 9.59 Å². The maximum Gasteiger partial charge on any atom is 0.324 e. The Morgan fingerprint density at radius 2 is 2.36 bits per heavy atom. The highest BCUT2D eigenvalue weighted by atomic mass is 16.4. The van der Waals surface area contributed by atoms with Gasteiger partial charge in [-0.15, -0.1) is 0 Å². The topological polar surface area (TPSA) is 80.4 Å². The predicted octanol–water partition coefficient (Wildman–Crippen LogP) is -0.290. The van der Waals surface area contributed by atoms with E-state index in [0.29, 0.717) is 18.4 Å². The van der Waals surface area contributed by atoms with Crippen molar-refractivity contribution in [3.05, 3.63) is 5.57 Å². The van der Waals surface area contributed by atoms with Crippen molar-refractivity contribution >= 4 is 11.9 Å². The Morgan fingerprint density at radius 1 is 1.73 bits per heavy atom. The van der Waals surface area contributed by atoms with Crippen molar-refractivity contribution in [2.75, 3.05) is 0 Å². The molecular weight excluding hydrogens is 146 g/mol. The molecule has 0 aliphatic heterocycles. The molecule has 1 rings (SSSR count). The number of carbonyl (C=O) groups is 1. The zero-order chi connectivity index (χ0) is 8.48. The lowest BCUT2D eigenvalue weighted by Crippen LogP contribution is -2.45. The van der Waals surface area contributed by atoms with Gasteiger partial charge in [0.15, 0.2) is 0 Å². The molecule has 1 saturated carbocycles. The van der Waals surface area contributed by atoms with Gasteiger partial charge >= 0.3 is 5.97 Å². The quantitative estimate of drug-likeness (QED) is 0.510. The van der Waals surface area contributed by atoms with Crippen molar-refractivity contribution < 1.29 is 14.7 Å². The van der Waals surface area contributed by atoms with Crippen LogP contribution in [0.3, 0.4) is 0 Å². The molecule has 0 saturated heterocycles. The van der Waals surface area contributed by atoms with Gasteiger partial charge < -0.3 is 10.8 Å². The number of carboxylic acids is 1. The summed E-state index contributed by atoms with van der Waals surface area (Å²) < 4.78 is 0. The van der Waals surface area contributed by atoms with Gasteiger partial charge in [-0.2, -0.15) is 0 Å². The Balaban J connectivity index is 2.81. The average molecular weight is 155 g/mol. The summed E-state index contributed by atoms with van der Waals surface area (Å²) in [5, 5.41) is 8.62. The molecule has 0 amide bonds. The maximum atomic E-state index is 10.5. The fourth-order valence-corrected chi connectivity index (χ4v) is 1.20. The minimum Gasteiger partial charge on any atom is -0.480 e. The van der Waals surface area contributed by atoms with Gasteiger partial charge in [0.2, 0.25) is 0 Å². The Bertz CT molecular complexity index is 242. The average Bonchev–Trinajstić information content (AvgIpc) is 2.33. The van der Waals surface area contributed by atoms with E-state index in [2.05, 4.69) is 0 Å². The van der Waals surface area contributed by atoms with Gasteiger partial charge in [-0.05, 0) is 12.8 Å². The fourth-order valence-electron chi connectivity index (χ4n) is 1.20. The summed E-state index contributed by atoms with van der Waals surface area (Å²) in [4.78, 5) is 20.6. The monoisotopic (exact) mass is 155 g/mol. The Kier molecular flexibility index (Phi) is 1.81. The van der Waals surface area contributed by atoms with Gasteiger partial charge in [0, 0.05) is 12.0 Å². The van der Waals surface area contributed by atoms with Crippen LogP contribution in [-0.4, -0.2) is 22.6 Å². The number of hydrogen-bond donors (Lipinski definition) is 2. The van der Waals surface area contributed by atoms with Gasteiger partial charge in [0.05, 0.1) is 0 Å². The van der Waals surface area contributed by atoms with Gasteiger partial charge in [0.1, 0.15) is 11.5 Å². The standard InChI is InChI=1S/C7H9NO3/c8-7(6(10)11)2-1-5(3-7)4-9/h1-3,8H2,(H,10,11). The summed E-state index contributed by atoms with van der Waals surface area (Å²) in [7, 11) is 0. The van der Waals surface area contributed by atoms with Crippen LogP contribution in [0.5, 0.6) is 0 Å². The van der Waals surface area contributed by atoms with Gasteiger partial charge in [0.25, 0.3) is 0 Å². The van der Waals surface area contributed by atoms with E-state index in [1.165, 1.54) is 0 Å². The zero-order valence-electron chi connectivity index (χ0n) is 5.96. The van der Waals surface area contributed by atoms with E-state index in [1.807, 2.05) is 0 Å².